The molecule has 3 aromatic carbocycles. The molecule has 3 aromatic rings. The number of para-hydroxylation sites is 1. The van der Waals surface area contributed by atoms with E-state index in [-0.39, 0.29) is 5.91 Å². The van der Waals surface area contributed by atoms with Crippen molar-refractivity contribution in [3.63, 3.8) is 0 Å². The van der Waals surface area contributed by atoms with E-state index in [0.717, 1.165) is 18.4 Å². The van der Waals surface area contributed by atoms with E-state index in [0.29, 0.717) is 35.0 Å². The summed E-state index contributed by atoms with van der Waals surface area (Å²) in [5.74, 6) is 1.07. The number of anilines is 2. The van der Waals surface area contributed by atoms with Crippen molar-refractivity contribution >= 4 is 27.3 Å². The lowest BCUT2D eigenvalue weighted by Crippen LogP contribution is -2.34. The minimum absolute atomic E-state index is 0.258. The largest absolute Gasteiger partial charge is 0.457 e. The Morgan fingerprint density at radius 3 is 2.50 bits per heavy atom. The van der Waals surface area contributed by atoms with Gasteiger partial charge in [0.05, 0.1) is 11.9 Å². The van der Waals surface area contributed by atoms with Crippen LogP contribution in [-0.2, 0) is 16.4 Å². The van der Waals surface area contributed by atoms with Gasteiger partial charge in [0, 0.05) is 23.9 Å². The van der Waals surface area contributed by atoms with Gasteiger partial charge in [-0.05, 0) is 60.9 Å². The molecule has 0 aromatic heterocycles. The van der Waals surface area contributed by atoms with E-state index < -0.39 is 10.0 Å². The second-order valence-electron chi connectivity index (χ2n) is 7.18. The van der Waals surface area contributed by atoms with Gasteiger partial charge in [-0.1, -0.05) is 24.3 Å². The maximum absolute atomic E-state index is 12.8. The van der Waals surface area contributed by atoms with Crippen LogP contribution in [0.25, 0.3) is 0 Å². The summed E-state index contributed by atoms with van der Waals surface area (Å²) in [4.78, 5) is 12.8. The number of rotatable bonds is 5. The molecule has 1 aliphatic heterocycles. The fourth-order valence-corrected chi connectivity index (χ4v) is 4.51. The van der Waals surface area contributed by atoms with Gasteiger partial charge in [0.25, 0.3) is 5.91 Å². The van der Waals surface area contributed by atoms with Crippen LogP contribution >= 0.6 is 0 Å². The van der Waals surface area contributed by atoms with Crippen molar-refractivity contribution in [2.24, 2.45) is 0 Å². The standard InChI is InChI=1S/C23H22N2O4S/c1-30(27,28)25-14-6-7-17-15-18(12-13-22(17)25)23(26)24-19-8-5-11-21(16-19)29-20-9-3-2-4-10-20/h2-5,8-13,15-16H,6-7,14H2,1H3,(H,24,26). The number of carbonyl (C=O) groups is 1. The van der Waals surface area contributed by atoms with E-state index >= 15 is 0 Å². The van der Waals surface area contributed by atoms with Gasteiger partial charge in [-0.3, -0.25) is 9.10 Å². The summed E-state index contributed by atoms with van der Waals surface area (Å²) in [6.07, 6.45) is 2.67. The molecular formula is C23H22N2O4S. The molecule has 4 rings (SSSR count). The predicted molar refractivity (Wildman–Crippen MR) is 118 cm³/mol. The molecule has 7 heteroatoms. The summed E-state index contributed by atoms with van der Waals surface area (Å²) < 4.78 is 31.2. The number of carbonyl (C=O) groups excluding carboxylic acids is 1. The van der Waals surface area contributed by atoms with Crippen LogP contribution in [0.2, 0.25) is 0 Å². The highest BCUT2D eigenvalue weighted by Gasteiger charge is 2.24. The Morgan fingerprint density at radius 1 is 0.967 bits per heavy atom. The summed E-state index contributed by atoms with van der Waals surface area (Å²) >= 11 is 0. The SMILES string of the molecule is CS(=O)(=O)N1CCCc2cc(C(=O)Nc3cccc(Oc4ccccc4)c3)ccc21. The average molecular weight is 423 g/mol. The van der Waals surface area contributed by atoms with E-state index in [1.165, 1.54) is 10.6 Å². The van der Waals surface area contributed by atoms with Gasteiger partial charge in [-0.2, -0.15) is 0 Å². The third-order valence-corrected chi connectivity index (χ3v) is 6.07. The Morgan fingerprint density at radius 2 is 1.73 bits per heavy atom. The number of amides is 1. The Kier molecular flexibility index (Phi) is 5.46. The van der Waals surface area contributed by atoms with Crippen LogP contribution in [0.15, 0.2) is 72.8 Å². The van der Waals surface area contributed by atoms with Crippen LogP contribution in [0.3, 0.4) is 0 Å². The second kappa shape index (κ2) is 8.20. The van der Waals surface area contributed by atoms with Gasteiger partial charge in [0.1, 0.15) is 11.5 Å². The van der Waals surface area contributed by atoms with Crippen LogP contribution in [0.5, 0.6) is 11.5 Å². The summed E-state index contributed by atoms with van der Waals surface area (Å²) in [6.45, 7) is 0.464. The Hall–Kier alpha value is -3.32. The first-order valence-corrected chi connectivity index (χ1v) is 11.5. The van der Waals surface area contributed by atoms with E-state index in [2.05, 4.69) is 5.32 Å². The zero-order valence-electron chi connectivity index (χ0n) is 16.5. The molecule has 30 heavy (non-hydrogen) atoms. The predicted octanol–water partition coefficient (Wildman–Crippen LogP) is 4.44. The molecule has 1 N–H and O–H groups in total. The molecule has 0 bridgehead atoms. The van der Waals surface area contributed by atoms with Gasteiger partial charge in [-0.25, -0.2) is 8.42 Å². The van der Waals surface area contributed by atoms with Gasteiger partial charge in [-0.15, -0.1) is 0 Å². The van der Waals surface area contributed by atoms with Crippen LogP contribution in [0, 0.1) is 0 Å². The third kappa shape index (κ3) is 4.46. The molecule has 1 heterocycles. The lowest BCUT2D eigenvalue weighted by atomic mass is 10.0. The normalized spacial score (nSPS) is 13.4. The highest BCUT2D eigenvalue weighted by molar-refractivity contribution is 7.92. The summed E-state index contributed by atoms with van der Waals surface area (Å²) in [5, 5.41) is 2.88. The number of sulfonamides is 1. The number of fused-ring (bicyclic) bond motifs is 1. The molecule has 0 saturated heterocycles. The number of hydrogen-bond donors (Lipinski definition) is 1. The van der Waals surface area contributed by atoms with E-state index in [4.69, 9.17) is 4.74 Å². The van der Waals surface area contributed by atoms with Crippen LogP contribution in [0.1, 0.15) is 22.3 Å². The Bertz CT molecular complexity index is 1180. The molecule has 0 saturated carbocycles. The molecule has 0 fully saturated rings. The fraction of sp³-hybridized carbons (Fsp3) is 0.174. The van der Waals surface area contributed by atoms with Crippen molar-refractivity contribution < 1.29 is 17.9 Å². The number of hydrogen-bond acceptors (Lipinski definition) is 4. The highest BCUT2D eigenvalue weighted by Crippen LogP contribution is 2.30. The van der Waals surface area contributed by atoms with Crippen LogP contribution < -0.4 is 14.4 Å². The van der Waals surface area contributed by atoms with Crippen LogP contribution in [0.4, 0.5) is 11.4 Å². The smallest absolute Gasteiger partial charge is 0.255 e. The molecule has 6 nitrogen and oxygen atoms in total. The molecule has 154 valence electrons. The molecule has 1 aliphatic rings. The maximum Gasteiger partial charge on any atom is 0.255 e. The van der Waals surface area contributed by atoms with Gasteiger partial charge in [0.2, 0.25) is 10.0 Å². The lowest BCUT2D eigenvalue weighted by Gasteiger charge is -2.29. The van der Waals surface area contributed by atoms with Crippen molar-refractivity contribution in [3.8, 4) is 11.5 Å². The minimum Gasteiger partial charge on any atom is -0.457 e. The Balaban J connectivity index is 1.51. The molecule has 1 amide bonds. The summed E-state index contributed by atoms with van der Waals surface area (Å²) in [7, 11) is -3.33. The topological polar surface area (TPSA) is 75.7 Å². The van der Waals surface area contributed by atoms with Gasteiger partial charge >= 0.3 is 0 Å². The number of nitrogens with zero attached hydrogens (tertiary/aromatic N) is 1. The van der Waals surface area contributed by atoms with Gasteiger partial charge in [0.15, 0.2) is 0 Å². The molecule has 0 spiro atoms. The lowest BCUT2D eigenvalue weighted by molar-refractivity contribution is 0.102. The Labute approximate surface area is 176 Å². The van der Waals surface area contributed by atoms with Crippen molar-refractivity contribution in [1.82, 2.24) is 0 Å². The van der Waals surface area contributed by atoms with E-state index in [1.807, 2.05) is 42.5 Å². The number of ether oxygens (including phenoxy) is 1. The summed E-state index contributed by atoms with van der Waals surface area (Å²) in [6, 6.07) is 21.7. The first-order valence-electron chi connectivity index (χ1n) is 9.65. The number of aryl methyl sites for hydroxylation is 1. The quantitative estimate of drug-likeness (QED) is 0.659. The van der Waals surface area contributed by atoms with Crippen molar-refractivity contribution in [2.45, 2.75) is 12.8 Å². The zero-order valence-corrected chi connectivity index (χ0v) is 17.4. The first-order chi connectivity index (χ1) is 14.4. The third-order valence-electron chi connectivity index (χ3n) is 4.89. The second-order valence-corrected chi connectivity index (χ2v) is 9.09. The number of nitrogens with one attached hydrogen (secondary N) is 1. The summed E-state index contributed by atoms with van der Waals surface area (Å²) in [5.41, 5.74) is 2.61. The highest BCUT2D eigenvalue weighted by atomic mass is 32.2. The maximum atomic E-state index is 12.8. The van der Waals surface area contributed by atoms with Crippen molar-refractivity contribution in [2.75, 3.05) is 22.4 Å². The monoisotopic (exact) mass is 422 g/mol. The van der Waals surface area contributed by atoms with E-state index in [1.54, 1.807) is 30.3 Å². The fourth-order valence-electron chi connectivity index (χ4n) is 3.51. The van der Waals surface area contributed by atoms with E-state index in [9.17, 15) is 13.2 Å². The zero-order chi connectivity index (χ0) is 21.1. The molecular weight excluding hydrogens is 400 g/mol. The van der Waals surface area contributed by atoms with Crippen LogP contribution in [-0.4, -0.2) is 27.1 Å². The average Bonchev–Trinajstić information content (AvgIpc) is 2.73. The molecule has 0 aliphatic carbocycles. The minimum atomic E-state index is -3.33. The number of benzene rings is 3. The van der Waals surface area contributed by atoms with Gasteiger partial charge < -0.3 is 10.1 Å². The molecule has 0 radical (unpaired) electrons. The molecule has 0 atom stereocenters. The van der Waals surface area contributed by atoms with Crippen molar-refractivity contribution in [3.05, 3.63) is 83.9 Å². The van der Waals surface area contributed by atoms with Crippen molar-refractivity contribution in [1.29, 1.82) is 0 Å². The molecule has 0 unspecified atom stereocenters. The first kappa shape index (κ1) is 20.0.